The van der Waals surface area contributed by atoms with Crippen LogP contribution in [0.4, 0.5) is 0 Å². The van der Waals surface area contributed by atoms with Crippen molar-refractivity contribution in [2.24, 2.45) is 0 Å². The van der Waals surface area contributed by atoms with E-state index in [1.807, 2.05) is 30.3 Å². The number of phenols is 1. The minimum absolute atomic E-state index is 0.142. The molecule has 0 aromatic heterocycles. The van der Waals surface area contributed by atoms with Crippen LogP contribution in [0.15, 0.2) is 47.4 Å². The normalized spacial score (nSPS) is 12.1. The van der Waals surface area contributed by atoms with E-state index >= 15 is 0 Å². The van der Waals surface area contributed by atoms with Crippen molar-refractivity contribution in [1.29, 1.82) is 0 Å². The smallest absolute Gasteiger partial charge is 0.246 e. The number of hydrogen-bond donors (Lipinski definition) is 2. The molecule has 0 fully saturated rings. The number of carbonyl (C=O) groups excluding carboxylic acids is 1. The van der Waals surface area contributed by atoms with E-state index in [0.29, 0.717) is 12.2 Å². The van der Waals surface area contributed by atoms with Crippen LogP contribution in [-0.4, -0.2) is 27.0 Å². The van der Waals surface area contributed by atoms with Crippen molar-refractivity contribution in [2.45, 2.75) is 83.1 Å². The fourth-order valence-corrected chi connectivity index (χ4v) is 4.36. The molecular weight excluding hydrogens is 406 g/mol. The maximum atomic E-state index is 12.2. The molecule has 0 aliphatic heterocycles. The first-order chi connectivity index (χ1) is 14.4. The molecule has 0 unspecified atom stereocenters. The third-order valence-corrected chi connectivity index (χ3v) is 6.28. The highest BCUT2D eigenvalue weighted by atomic mass is 32.2. The molecule has 0 bridgehead atoms. The van der Waals surface area contributed by atoms with Crippen molar-refractivity contribution in [1.82, 2.24) is 5.06 Å². The number of hydrogen-bond acceptors (Lipinski definition) is 4. The molecule has 0 radical (unpaired) electrons. The van der Waals surface area contributed by atoms with Crippen LogP contribution < -0.4 is 0 Å². The van der Waals surface area contributed by atoms with Crippen LogP contribution in [0.3, 0.4) is 0 Å². The molecular formula is C26H37NO3S. The van der Waals surface area contributed by atoms with Crippen molar-refractivity contribution in [2.75, 3.05) is 5.75 Å². The summed E-state index contributed by atoms with van der Waals surface area (Å²) in [6.45, 7) is 12.9. The summed E-state index contributed by atoms with van der Waals surface area (Å²) in [5, 5.41) is 21.7. The summed E-state index contributed by atoms with van der Waals surface area (Å²) in [4.78, 5) is 13.3. The van der Waals surface area contributed by atoms with Gasteiger partial charge < -0.3 is 5.11 Å². The highest BCUT2D eigenvalue weighted by Gasteiger charge is 2.26. The molecule has 0 spiro atoms. The fourth-order valence-electron chi connectivity index (χ4n) is 3.38. The highest BCUT2D eigenvalue weighted by Crippen LogP contribution is 2.41. The summed E-state index contributed by atoms with van der Waals surface area (Å²) < 4.78 is 0. The van der Waals surface area contributed by atoms with E-state index < -0.39 is 0 Å². The molecule has 2 N–H and O–H groups in total. The van der Waals surface area contributed by atoms with E-state index in [-0.39, 0.29) is 23.3 Å². The predicted octanol–water partition coefficient (Wildman–Crippen LogP) is 6.67. The van der Waals surface area contributed by atoms with Crippen molar-refractivity contribution >= 4 is 17.7 Å². The van der Waals surface area contributed by atoms with E-state index in [9.17, 15) is 15.1 Å². The van der Waals surface area contributed by atoms with Gasteiger partial charge in [0, 0.05) is 22.4 Å². The first-order valence-electron chi connectivity index (χ1n) is 10.9. The molecule has 4 nitrogen and oxygen atoms in total. The van der Waals surface area contributed by atoms with Gasteiger partial charge in [0.25, 0.3) is 0 Å². The summed E-state index contributed by atoms with van der Waals surface area (Å²) in [6, 6.07) is 13.7. The summed E-state index contributed by atoms with van der Waals surface area (Å²) in [5.41, 5.74) is 2.56. The summed E-state index contributed by atoms with van der Waals surface area (Å²) in [6.07, 6.45) is 1.94. The number of thioether (sulfide) groups is 1. The van der Waals surface area contributed by atoms with Gasteiger partial charge in [0.2, 0.25) is 5.91 Å². The number of hydroxylamine groups is 2. The summed E-state index contributed by atoms with van der Waals surface area (Å²) in [5.74, 6) is 1.04. The monoisotopic (exact) mass is 443 g/mol. The zero-order chi connectivity index (χ0) is 23.2. The van der Waals surface area contributed by atoms with Gasteiger partial charge in [-0.05, 0) is 47.1 Å². The maximum absolute atomic E-state index is 12.2. The molecule has 2 rings (SSSR count). The van der Waals surface area contributed by atoms with Crippen LogP contribution >= 0.6 is 11.8 Å². The number of benzene rings is 2. The van der Waals surface area contributed by atoms with Crippen LogP contribution in [0.2, 0.25) is 0 Å². The average molecular weight is 444 g/mol. The Balaban J connectivity index is 1.90. The van der Waals surface area contributed by atoms with Crippen molar-refractivity contribution in [3.05, 3.63) is 59.2 Å². The van der Waals surface area contributed by atoms with Crippen molar-refractivity contribution in [3.63, 3.8) is 0 Å². The quantitative estimate of drug-likeness (QED) is 0.207. The van der Waals surface area contributed by atoms with Gasteiger partial charge in [-0.25, -0.2) is 5.06 Å². The Kier molecular flexibility index (Phi) is 8.61. The maximum Gasteiger partial charge on any atom is 0.246 e. The minimum Gasteiger partial charge on any atom is -0.507 e. The van der Waals surface area contributed by atoms with Crippen LogP contribution in [0.5, 0.6) is 5.75 Å². The van der Waals surface area contributed by atoms with E-state index in [1.165, 1.54) is 0 Å². The second-order valence-electron chi connectivity index (χ2n) is 10.1. The predicted molar refractivity (Wildman–Crippen MR) is 129 cm³/mol. The zero-order valence-corrected chi connectivity index (χ0v) is 20.6. The average Bonchev–Trinajstić information content (AvgIpc) is 2.67. The van der Waals surface area contributed by atoms with Crippen LogP contribution in [0.1, 0.15) is 77.5 Å². The number of rotatable bonds is 8. The summed E-state index contributed by atoms with van der Waals surface area (Å²) >= 11 is 1.75. The van der Waals surface area contributed by atoms with Gasteiger partial charge in [0.05, 0.1) is 6.54 Å². The van der Waals surface area contributed by atoms with E-state index in [1.54, 1.807) is 11.8 Å². The molecule has 5 heteroatoms. The Morgan fingerprint density at radius 2 is 1.48 bits per heavy atom. The Morgan fingerprint density at radius 1 is 0.935 bits per heavy atom. The Hall–Kier alpha value is -1.98. The lowest BCUT2D eigenvalue weighted by Crippen LogP contribution is -2.26. The molecule has 2 aromatic carbocycles. The van der Waals surface area contributed by atoms with E-state index in [2.05, 4.69) is 53.7 Å². The largest absolute Gasteiger partial charge is 0.507 e. The molecule has 2 aromatic rings. The zero-order valence-electron chi connectivity index (χ0n) is 19.7. The van der Waals surface area contributed by atoms with E-state index in [4.69, 9.17) is 0 Å². The third-order valence-electron chi connectivity index (χ3n) is 5.22. The standard InChI is InChI=1S/C26H37NO3S/c1-25(2,3)21-16-20(17-22(24(21)29)26(4,5)6)31-15-11-10-14-23(28)27(30)18-19-12-8-7-9-13-19/h7-9,12-13,16-17,29-30H,10-11,14-15,18H2,1-6H3. The first-order valence-corrected chi connectivity index (χ1v) is 11.9. The van der Waals surface area contributed by atoms with Gasteiger partial charge >= 0.3 is 0 Å². The number of aromatic hydroxyl groups is 1. The fraction of sp³-hybridized carbons (Fsp3) is 0.500. The molecule has 31 heavy (non-hydrogen) atoms. The highest BCUT2D eigenvalue weighted by molar-refractivity contribution is 7.99. The topological polar surface area (TPSA) is 60.8 Å². The number of nitrogens with zero attached hydrogens (tertiary/aromatic N) is 1. The number of unbranched alkanes of at least 4 members (excludes halogenated alkanes) is 1. The Bertz CT molecular complexity index is 831. The molecule has 0 aliphatic carbocycles. The van der Waals surface area contributed by atoms with Gasteiger partial charge in [-0.1, -0.05) is 71.9 Å². The van der Waals surface area contributed by atoms with Crippen LogP contribution in [0.25, 0.3) is 0 Å². The van der Waals surface area contributed by atoms with Crippen molar-refractivity contribution in [3.8, 4) is 5.75 Å². The molecule has 0 atom stereocenters. The molecule has 0 saturated heterocycles. The molecule has 0 saturated carbocycles. The molecule has 1 amide bonds. The molecule has 170 valence electrons. The Labute approximate surface area is 191 Å². The second-order valence-corrected chi connectivity index (χ2v) is 11.3. The van der Waals surface area contributed by atoms with Crippen molar-refractivity contribution < 1.29 is 15.1 Å². The lowest BCUT2D eigenvalue weighted by Gasteiger charge is -2.28. The van der Waals surface area contributed by atoms with Gasteiger partial charge in [-0.15, -0.1) is 11.8 Å². The van der Waals surface area contributed by atoms with Gasteiger partial charge in [-0.2, -0.15) is 0 Å². The van der Waals surface area contributed by atoms with Gasteiger partial charge in [0.15, 0.2) is 0 Å². The summed E-state index contributed by atoms with van der Waals surface area (Å²) in [7, 11) is 0. The SMILES string of the molecule is CC(C)(C)c1cc(SCCCCC(=O)N(O)Cc2ccccc2)cc(C(C)(C)C)c1O. The lowest BCUT2D eigenvalue weighted by atomic mass is 9.79. The number of phenolic OH excluding ortho intramolecular Hbond substituents is 1. The molecule has 0 aliphatic rings. The third kappa shape index (κ3) is 7.58. The first kappa shape index (κ1) is 25.3. The Morgan fingerprint density at radius 3 is 2.00 bits per heavy atom. The minimum atomic E-state index is -0.247. The number of amides is 1. The lowest BCUT2D eigenvalue weighted by molar-refractivity contribution is -0.168. The van der Waals surface area contributed by atoms with Gasteiger partial charge in [-0.3, -0.25) is 10.0 Å². The van der Waals surface area contributed by atoms with E-state index in [0.717, 1.165) is 45.2 Å². The van der Waals surface area contributed by atoms with Gasteiger partial charge in [0.1, 0.15) is 5.75 Å². The van der Waals surface area contributed by atoms with Crippen LogP contribution in [-0.2, 0) is 22.2 Å². The number of carbonyl (C=O) groups is 1. The molecule has 0 heterocycles. The van der Waals surface area contributed by atoms with Crippen LogP contribution in [0, 0.1) is 0 Å². The second kappa shape index (κ2) is 10.6.